The number of benzene rings is 2. The van der Waals surface area contributed by atoms with Crippen molar-refractivity contribution in [2.45, 2.75) is 73.1 Å². The number of ketones is 1. The number of methoxy groups -OCH3 is 1. The van der Waals surface area contributed by atoms with Crippen molar-refractivity contribution in [2.24, 2.45) is 17.8 Å². The SMILES string of the molecule is CCC1CCC(C(=O)Nc2ccc(C)c(OC)c2)CC1.CCc1c(C)cc(NCC2CNC2)cc1C(C)=O. The Morgan fingerprint density at radius 3 is 2.21 bits per heavy atom. The summed E-state index contributed by atoms with van der Waals surface area (Å²) in [4.78, 5) is 24.0. The van der Waals surface area contributed by atoms with E-state index in [1.54, 1.807) is 14.0 Å². The molecule has 0 atom stereocenters. The molecule has 0 unspecified atom stereocenters. The lowest BCUT2D eigenvalue weighted by atomic mass is 9.80. The molecule has 1 saturated carbocycles. The largest absolute Gasteiger partial charge is 0.496 e. The molecule has 2 aliphatic rings. The molecule has 0 aromatic heterocycles. The fraction of sp³-hybridized carbons (Fsp3) is 0.562. The molecule has 1 amide bonds. The van der Waals surface area contributed by atoms with Gasteiger partial charge < -0.3 is 20.7 Å². The summed E-state index contributed by atoms with van der Waals surface area (Å²) in [5.41, 5.74) is 6.23. The molecular formula is C32H47N3O3. The first-order chi connectivity index (χ1) is 18.2. The average Bonchev–Trinajstić information content (AvgIpc) is 2.89. The normalized spacial score (nSPS) is 19.0. The number of hydrogen-bond donors (Lipinski definition) is 3. The second-order valence-corrected chi connectivity index (χ2v) is 10.9. The number of carbonyl (C=O) groups excluding carboxylic acids is 2. The molecule has 3 N–H and O–H groups in total. The molecule has 1 aliphatic carbocycles. The minimum absolute atomic E-state index is 0.156. The van der Waals surface area contributed by atoms with Crippen molar-refractivity contribution in [3.63, 3.8) is 0 Å². The van der Waals surface area contributed by atoms with Crippen molar-refractivity contribution in [3.8, 4) is 5.75 Å². The molecule has 0 radical (unpaired) electrons. The van der Waals surface area contributed by atoms with E-state index in [1.165, 1.54) is 30.4 Å². The second-order valence-electron chi connectivity index (χ2n) is 10.9. The number of anilines is 2. The Morgan fingerprint density at radius 1 is 0.947 bits per heavy atom. The van der Waals surface area contributed by atoms with Crippen molar-refractivity contribution in [1.82, 2.24) is 5.32 Å². The molecule has 0 spiro atoms. The molecule has 2 aromatic rings. The first-order valence-corrected chi connectivity index (χ1v) is 14.3. The van der Waals surface area contributed by atoms with Crippen LogP contribution >= 0.6 is 0 Å². The summed E-state index contributed by atoms with van der Waals surface area (Å²) in [6.07, 6.45) is 6.56. The van der Waals surface area contributed by atoms with E-state index in [9.17, 15) is 9.59 Å². The van der Waals surface area contributed by atoms with Crippen LogP contribution < -0.4 is 20.7 Å². The van der Waals surface area contributed by atoms with Crippen molar-refractivity contribution in [3.05, 3.63) is 52.6 Å². The second kappa shape index (κ2) is 14.3. The summed E-state index contributed by atoms with van der Waals surface area (Å²) in [5, 5.41) is 9.73. The molecular weight excluding hydrogens is 474 g/mol. The Bertz CT molecular complexity index is 1090. The van der Waals surface area contributed by atoms with Crippen LogP contribution in [0.5, 0.6) is 5.75 Å². The standard InChI is InChI=1S/C17H25NO2.C15H22N2O/c1-4-13-6-8-14(9-7-13)17(19)18-15-10-5-12(2)16(11-15)20-3;1-4-14-10(2)5-13(6-15(14)11(3)18)17-9-12-7-16-8-12/h5,10-11,13-14H,4,6-9H2,1-3H3,(H,18,19);5-6,12,16-17H,4,7-9H2,1-3H3. The third-order valence-electron chi connectivity index (χ3n) is 8.14. The van der Waals surface area contributed by atoms with Crippen molar-refractivity contribution < 1.29 is 14.3 Å². The van der Waals surface area contributed by atoms with Gasteiger partial charge in [0.2, 0.25) is 5.91 Å². The summed E-state index contributed by atoms with van der Waals surface area (Å²) < 4.78 is 5.29. The fourth-order valence-corrected chi connectivity index (χ4v) is 5.43. The first-order valence-electron chi connectivity index (χ1n) is 14.3. The molecule has 2 fully saturated rings. The number of amides is 1. The lowest BCUT2D eigenvalue weighted by molar-refractivity contribution is -0.121. The van der Waals surface area contributed by atoms with Gasteiger partial charge >= 0.3 is 0 Å². The number of carbonyl (C=O) groups is 2. The van der Waals surface area contributed by atoms with Gasteiger partial charge in [-0.2, -0.15) is 0 Å². The first kappa shape index (κ1) is 29.7. The van der Waals surface area contributed by atoms with Gasteiger partial charge in [-0.3, -0.25) is 9.59 Å². The highest BCUT2D eigenvalue weighted by Crippen LogP contribution is 2.32. The van der Waals surface area contributed by atoms with Gasteiger partial charge in [0.15, 0.2) is 5.78 Å². The van der Waals surface area contributed by atoms with E-state index >= 15 is 0 Å². The van der Waals surface area contributed by atoms with E-state index in [1.807, 2.05) is 31.2 Å². The number of hydrogen-bond acceptors (Lipinski definition) is 5. The molecule has 4 rings (SSSR count). The zero-order chi connectivity index (χ0) is 27.7. The maximum absolute atomic E-state index is 12.3. The van der Waals surface area contributed by atoms with Crippen LogP contribution in [0, 0.1) is 31.6 Å². The predicted octanol–water partition coefficient (Wildman–Crippen LogP) is 6.55. The van der Waals surface area contributed by atoms with Crippen molar-refractivity contribution in [2.75, 3.05) is 37.4 Å². The average molecular weight is 522 g/mol. The highest BCUT2D eigenvalue weighted by Gasteiger charge is 2.25. The predicted molar refractivity (Wildman–Crippen MR) is 158 cm³/mol. The van der Waals surface area contributed by atoms with E-state index in [2.05, 4.69) is 42.8 Å². The number of nitrogens with one attached hydrogen (secondary N) is 3. The third kappa shape index (κ3) is 8.07. The minimum Gasteiger partial charge on any atom is -0.496 e. The quantitative estimate of drug-likeness (QED) is 0.326. The van der Waals surface area contributed by atoms with Crippen LogP contribution in [-0.2, 0) is 11.2 Å². The van der Waals surface area contributed by atoms with Gasteiger partial charge in [-0.15, -0.1) is 0 Å². The summed E-state index contributed by atoms with van der Waals surface area (Å²) in [6.45, 7) is 13.2. The van der Waals surface area contributed by atoms with E-state index in [4.69, 9.17) is 4.74 Å². The van der Waals surface area contributed by atoms with E-state index in [0.717, 1.165) is 79.0 Å². The third-order valence-corrected chi connectivity index (χ3v) is 8.14. The summed E-state index contributed by atoms with van der Waals surface area (Å²) >= 11 is 0. The van der Waals surface area contributed by atoms with Gasteiger partial charge in [0, 0.05) is 54.5 Å². The van der Waals surface area contributed by atoms with E-state index < -0.39 is 0 Å². The maximum atomic E-state index is 12.3. The number of aryl methyl sites for hydroxylation is 2. The lowest BCUT2D eigenvalue weighted by Gasteiger charge is -2.27. The van der Waals surface area contributed by atoms with Crippen molar-refractivity contribution >= 4 is 23.1 Å². The molecule has 2 aromatic carbocycles. The highest BCUT2D eigenvalue weighted by atomic mass is 16.5. The lowest BCUT2D eigenvalue weighted by Crippen LogP contribution is -2.45. The Labute approximate surface area is 229 Å². The molecule has 6 heteroatoms. The van der Waals surface area contributed by atoms with Crippen LogP contribution in [0.15, 0.2) is 30.3 Å². The Morgan fingerprint density at radius 2 is 1.66 bits per heavy atom. The van der Waals surface area contributed by atoms with Crippen LogP contribution in [-0.4, -0.2) is 38.4 Å². The van der Waals surface area contributed by atoms with Gasteiger partial charge in [0.25, 0.3) is 0 Å². The monoisotopic (exact) mass is 521 g/mol. The summed E-state index contributed by atoms with van der Waals surface area (Å²) in [5.74, 6) is 2.84. The molecule has 208 valence electrons. The Kier molecular flexibility index (Phi) is 11.2. The van der Waals surface area contributed by atoms with Gasteiger partial charge in [-0.1, -0.05) is 26.3 Å². The topological polar surface area (TPSA) is 79.5 Å². The minimum atomic E-state index is 0.156. The van der Waals surface area contributed by atoms with Crippen molar-refractivity contribution in [1.29, 1.82) is 0 Å². The summed E-state index contributed by atoms with van der Waals surface area (Å²) in [6, 6.07) is 9.96. The zero-order valence-corrected chi connectivity index (χ0v) is 24.2. The van der Waals surface area contributed by atoms with Crippen LogP contribution in [0.1, 0.15) is 79.9 Å². The molecule has 38 heavy (non-hydrogen) atoms. The molecule has 1 heterocycles. The molecule has 0 bridgehead atoms. The molecule has 6 nitrogen and oxygen atoms in total. The van der Waals surface area contributed by atoms with Crippen LogP contribution in [0.4, 0.5) is 11.4 Å². The van der Waals surface area contributed by atoms with Crippen LogP contribution in [0.3, 0.4) is 0 Å². The van der Waals surface area contributed by atoms with Crippen LogP contribution in [0.2, 0.25) is 0 Å². The molecule has 1 saturated heterocycles. The van der Waals surface area contributed by atoms with Gasteiger partial charge in [-0.05, 0) is 93.7 Å². The van der Waals surface area contributed by atoms with E-state index in [-0.39, 0.29) is 17.6 Å². The summed E-state index contributed by atoms with van der Waals surface area (Å²) in [7, 11) is 1.65. The Hall–Kier alpha value is -2.86. The number of Topliss-reactive ketones (excluding diaryl/α,β-unsaturated/α-hetero) is 1. The van der Waals surface area contributed by atoms with Gasteiger partial charge in [-0.25, -0.2) is 0 Å². The van der Waals surface area contributed by atoms with E-state index in [0.29, 0.717) is 0 Å². The fourth-order valence-electron chi connectivity index (χ4n) is 5.43. The number of ether oxygens (including phenoxy) is 1. The maximum Gasteiger partial charge on any atom is 0.227 e. The van der Waals surface area contributed by atoms with Crippen LogP contribution in [0.25, 0.3) is 0 Å². The molecule has 1 aliphatic heterocycles. The zero-order valence-electron chi connectivity index (χ0n) is 24.2. The van der Waals surface area contributed by atoms with Gasteiger partial charge in [0.05, 0.1) is 7.11 Å². The van der Waals surface area contributed by atoms with Gasteiger partial charge in [0.1, 0.15) is 5.75 Å². The number of rotatable bonds is 9. The Balaban J connectivity index is 0.000000212. The highest BCUT2D eigenvalue weighted by molar-refractivity contribution is 5.97. The smallest absolute Gasteiger partial charge is 0.227 e.